The zero-order valence-electron chi connectivity index (χ0n) is 23.3. The van der Waals surface area contributed by atoms with Gasteiger partial charge in [0.1, 0.15) is 11.9 Å². The molecule has 0 fully saturated rings. The second kappa shape index (κ2) is 13.4. The van der Waals surface area contributed by atoms with Crippen LogP contribution in [-0.4, -0.2) is 99.0 Å². The highest BCUT2D eigenvalue weighted by atomic mass is 32.2. The Morgan fingerprint density at radius 2 is 1.87 bits per heavy atom. The molecule has 3 rings (SSSR count). The Kier molecular flexibility index (Phi) is 10.5. The number of benzene rings is 2. The molecule has 214 valence electrons. The molecule has 0 unspecified atom stereocenters. The van der Waals surface area contributed by atoms with Crippen molar-refractivity contribution in [3.05, 3.63) is 54.1 Å². The average molecular weight is 561 g/mol. The lowest BCUT2D eigenvalue weighted by Gasteiger charge is -2.38. The number of carbonyl (C=O) groups excluding carboxylic acids is 2. The molecule has 3 atom stereocenters. The average Bonchev–Trinajstić information content (AvgIpc) is 2.90. The van der Waals surface area contributed by atoms with E-state index < -0.39 is 22.2 Å². The van der Waals surface area contributed by atoms with Gasteiger partial charge in [0.25, 0.3) is 5.91 Å². The summed E-state index contributed by atoms with van der Waals surface area (Å²) in [5, 5.41) is 12.7. The van der Waals surface area contributed by atoms with Crippen LogP contribution in [0.2, 0.25) is 0 Å². The highest BCUT2D eigenvalue weighted by Crippen LogP contribution is 2.31. The topological polar surface area (TPSA) is 119 Å². The molecule has 10 nitrogen and oxygen atoms in total. The van der Waals surface area contributed by atoms with Gasteiger partial charge in [-0.25, -0.2) is 8.42 Å². The van der Waals surface area contributed by atoms with Crippen molar-refractivity contribution in [3.63, 3.8) is 0 Å². The van der Waals surface area contributed by atoms with Gasteiger partial charge in [-0.1, -0.05) is 25.1 Å². The largest absolute Gasteiger partial charge is 0.488 e. The monoisotopic (exact) mass is 560 g/mol. The third-order valence-electron chi connectivity index (χ3n) is 6.85. The fourth-order valence-electron chi connectivity index (χ4n) is 4.42. The number of hydrogen-bond acceptors (Lipinski definition) is 7. The standard InChI is InChI=1S/C28H40N4O6S/c1-20-17-32(21(2)19-33)28(35)24-16-22(29-27(34)12-9-15-30(3)4)13-14-25(24)38-26(20)18-31(5)39(36,37)23-10-7-6-8-11-23/h6-8,10-11,13-14,16,20-21,26,33H,9,12,15,17-19H2,1-5H3,(H,29,34)/t20-,21-,26-/m0/s1. The Balaban J connectivity index is 1.89. The predicted molar refractivity (Wildman–Crippen MR) is 150 cm³/mol. The number of nitrogens with zero attached hydrogens (tertiary/aromatic N) is 3. The Hall–Kier alpha value is -2.99. The SMILES string of the molecule is C[C@H]1CN([C@@H](C)CO)C(=O)c2cc(NC(=O)CCCN(C)C)ccc2O[C@H]1CN(C)S(=O)(=O)c1ccccc1. The maximum absolute atomic E-state index is 13.6. The lowest BCUT2D eigenvalue weighted by molar-refractivity contribution is -0.116. The van der Waals surface area contributed by atoms with Crippen LogP contribution in [0.4, 0.5) is 5.69 Å². The minimum absolute atomic E-state index is 0.0533. The minimum Gasteiger partial charge on any atom is -0.488 e. The number of rotatable bonds is 11. The molecule has 0 radical (unpaired) electrons. The van der Waals surface area contributed by atoms with Crippen LogP contribution in [-0.2, 0) is 14.8 Å². The number of aliphatic hydroxyl groups is 1. The van der Waals surface area contributed by atoms with Gasteiger partial charge in [0.2, 0.25) is 15.9 Å². The van der Waals surface area contributed by atoms with Crippen molar-refractivity contribution < 1.29 is 27.9 Å². The van der Waals surface area contributed by atoms with Gasteiger partial charge in [0.15, 0.2) is 0 Å². The maximum atomic E-state index is 13.6. The Labute approximate surface area is 231 Å². The highest BCUT2D eigenvalue weighted by molar-refractivity contribution is 7.89. The first-order valence-electron chi connectivity index (χ1n) is 13.1. The van der Waals surface area contributed by atoms with Crippen LogP contribution < -0.4 is 10.1 Å². The minimum atomic E-state index is -3.76. The van der Waals surface area contributed by atoms with E-state index in [1.54, 1.807) is 60.4 Å². The van der Waals surface area contributed by atoms with E-state index in [1.165, 1.54) is 11.4 Å². The number of carbonyl (C=O) groups is 2. The van der Waals surface area contributed by atoms with Crippen molar-refractivity contribution in [2.75, 3.05) is 52.7 Å². The van der Waals surface area contributed by atoms with Crippen LogP contribution in [0, 0.1) is 5.92 Å². The summed E-state index contributed by atoms with van der Waals surface area (Å²) in [6.45, 7) is 4.51. The Morgan fingerprint density at radius 3 is 2.51 bits per heavy atom. The third-order valence-corrected chi connectivity index (χ3v) is 8.68. The van der Waals surface area contributed by atoms with Gasteiger partial charge in [-0.05, 0) is 64.3 Å². The van der Waals surface area contributed by atoms with Crippen molar-refractivity contribution in [2.45, 2.75) is 43.7 Å². The number of fused-ring (bicyclic) bond motifs is 1. The van der Waals surface area contributed by atoms with E-state index in [9.17, 15) is 23.1 Å². The molecular formula is C28H40N4O6S. The second-order valence-electron chi connectivity index (χ2n) is 10.4. The molecule has 0 spiro atoms. The first-order chi connectivity index (χ1) is 18.4. The summed E-state index contributed by atoms with van der Waals surface area (Å²) in [5.41, 5.74) is 0.706. The number of hydrogen-bond donors (Lipinski definition) is 2. The molecule has 0 aromatic heterocycles. The number of likely N-dealkylation sites (N-methyl/N-ethyl adjacent to an activating group) is 1. The number of nitrogens with one attached hydrogen (secondary N) is 1. The number of aliphatic hydroxyl groups excluding tert-OH is 1. The van der Waals surface area contributed by atoms with Gasteiger partial charge in [-0.15, -0.1) is 0 Å². The first-order valence-corrected chi connectivity index (χ1v) is 14.6. The molecule has 2 aromatic carbocycles. The lowest BCUT2D eigenvalue weighted by Crippen LogP contribution is -2.50. The van der Waals surface area contributed by atoms with Gasteiger partial charge < -0.3 is 25.0 Å². The van der Waals surface area contributed by atoms with Gasteiger partial charge in [-0.2, -0.15) is 4.31 Å². The number of amides is 2. The summed E-state index contributed by atoms with van der Waals surface area (Å²) >= 11 is 0. The summed E-state index contributed by atoms with van der Waals surface area (Å²) in [5.74, 6) is -0.440. The van der Waals surface area contributed by atoms with E-state index in [0.717, 1.165) is 6.54 Å². The summed E-state index contributed by atoms with van der Waals surface area (Å²) in [4.78, 5) is 29.8. The highest BCUT2D eigenvalue weighted by Gasteiger charge is 2.35. The lowest BCUT2D eigenvalue weighted by atomic mass is 9.99. The van der Waals surface area contributed by atoms with Crippen molar-refractivity contribution in [2.24, 2.45) is 5.92 Å². The molecular weight excluding hydrogens is 520 g/mol. The number of ether oxygens (including phenoxy) is 1. The molecule has 1 aliphatic rings. The summed E-state index contributed by atoms with van der Waals surface area (Å²) in [6, 6.07) is 12.6. The van der Waals surface area contributed by atoms with Crippen LogP contribution >= 0.6 is 0 Å². The van der Waals surface area contributed by atoms with E-state index in [0.29, 0.717) is 24.3 Å². The molecule has 0 saturated heterocycles. The third kappa shape index (κ3) is 7.78. The van der Waals surface area contributed by atoms with Crippen LogP contribution in [0.1, 0.15) is 37.0 Å². The fraction of sp³-hybridized carbons (Fsp3) is 0.500. The molecule has 2 N–H and O–H groups in total. The fourth-order valence-corrected chi connectivity index (χ4v) is 5.63. The molecule has 1 heterocycles. The number of sulfonamides is 1. The van der Waals surface area contributed by atoms with Crippen LogP contribution in [0.5, 0.6) is 5.75 Å². The number of anilines is 1. The zero-order chi connectivity index (χ0) is 28.7. The molecule has 39 heavy (non-hydrogen) atoms. The van der Waals surface area contributed by atoms with E-state index in [-0.39, 0.29) is 47.9 Å². The van der Waals surface area contributed by atoms with Crippen molar-refractivity contribution >= 4 is 27.5 Å². The molecule has 11 heteroatoms. The van der Waals surface area contributed by atoms with E-state index in [1.807, 2.05) is 25.9 Å². The molecule has 0 aliphatic carbocycles. The van der Waals surface area contributed by atoms with Crippen molar-refractivity contribution in [1.82, 2.24) is 14.1 Å². The smallest absolute Gasteiger partial charge is 0.258 e. The second-order valence-corrected chi connectivity index (χ2v) is 12.4. The van der Waals surface area contributed by atoms with Gasteiger partial charge >= 0.3 is 0 Å². The van der Waals surface area contributed by atoms with E-state index >= 15 is 0 Å². The quantitative estimate of drug-likeness (QED) is 0.433. The Bertz CT molecular complexity index is 1240. The molecule has 0 bridgehead atoms. The summed E-state index contributed by atoms with van der Waals surface area (Å²) in [6.07, 6.45) is 0.460. The van der Waals surface area contributed by atoms with E-state index in [2.05, 4.69) is 5.32 Å². The van der Waals surface area contributed by atoms with Gasteiger partial charge in [0, 0.05) is 31.6 Å². The summed E-state index contributed by atoms with van der Waals surface area (Å²) in [7, 11) is 1.64. The van der Waals surface area contributed by atoms with Crippen molar-refractivity contribution in [3.8, 4) is 5.75 Å². The first kappa shape index (κ1) is 30.6. The maximum Gasteiger partial charge on any atom is 0.258 e. The Morgan fingerprint density at radius 1 is 1.18 bits per heavy atom. The molecule has 2 aromatic rings. The molecule has 1 aliphatic heterocycles. The van der Waals surface area contributed by atoms with Crippen molar-refractivity contribution in [1.29, 1.82) is 0 Å². The van der Waals surface area contributed by atoms with Gasteiger partial charge in [-0.3, -0.25) is 9.59 Å². The normalized spacial score (nSPS) is 18.8. The van der Waals surface area contributed by atoms with Crippen LogP contribution in [0.25, 0.3) is 0 Å². The molecule has 2 amide bonds. The molecule has 0 saturated carbocycles. The van der Waals surface area contributed by atoms with E-state index in [4.69, 9.17) is 4.74 Å². The summed E-state index contributed by atoms with van der Waals surface area (Å²) < 4.78 is 33.9. The zero-order valence-corrected chi connectivity index (χ0v) is 24.1. The van der Waals surface area contributed by atoms with Crippen LogP contribution in [0.3, 0.4) is 0 Å². The van der Waals surface area contributed by atoms with Crippen LogP contribution in [0.15, 0.2) is 53.4 Å². The van der Waals surface area contributed by atoms with Gasteiger partial charge in [0.05, 0.1) is 29.7 Å². The predicted octanol–water partition coefficient (Wildman–Crippen LogP) is 2.51.